The van der Waals surface area contributed by atoms with Crippen LogP contribution in [-0.2, 0) is 9.53 Å². The highest BCUT2D eigenvalue weighted by Gasteiger charge is 2.44. The molecular weight excluding hydrogens is 324 g/mol. The van der Waals surface area contributed by atoms with E-state index in [4.69, 9.17) is 4.74 Å². The maximum Gasteiger partial charge on any atom is 0.333 e. The average molecular weight is 354 g/mol. The lowest BCUT2D eigenvalue weighted by Crippen LogP contribution is -2.40. The first-order valence-corrected chi connectivity index (χ1v) is 10.2. The Labute approximate surface area is 156 Å². The second-order valence-electron chi connectivity index (χ2n) is 8.04. The van der Waals surface area contributed by atoms with E-state index in [0.29, 0.717) is 0 Å². The van der Waals surface area contributed by atoms with Crippen LogP contribution in [0.15, 0.2) is 36.0 Å². The van der Waals surface area contributed by atoms with Crippen LogP contribution in [0.25, 0.3) is 0 Å². The van der Waals surface area contributed by atoms with Crippen LogP contribution in [-0.4, -0.2) is 24.7 Å². The number of carbonyl (C=O) groups is 1. The van der Waals surface area contributed by atoms with Crippen LogP contribution in [0.1, 0.15) is 69.9 Å². The molecule has 1 spiro atoms. The molecule has 0 unspecified atom stereocenters. The first-order valence-electron chi connectivity index (χ1n) is 10.2. The van der Waals surface area contributed by atoms with Gasteiger partial charge in [-0.3, -0.25) is 0 Å². The molecule has 2 fully saturated rings. The van der Waals surface area contributed by atoms with E-state index in [2.05, 4.69) is 41.4 Å². The van der Waals surface area contributed by atoms with Crippen molar-refractivity contribution in [2.24, 2.45) is 0 Å². The zero-order valence-corrected chi connectivity index (χ0v) is 15.8. The van der Waals surface area contributed by atoms with Gasteiger partial charge in [0.05, 0.1) is 5.70 Å². The molecule has 0 bridgehead atoms. The summed E-state index contributed by atoms with van der Waals surface area (Å²) in [4.78, 5) is 14.4. The van der Waals surface area contributed by atoms with Gasteiger partial charge in [0.2, 0.25) is 0 Å². The Morgan fingerprint density at radius 1 is 1.00 bits per heavy atom. The Hall–Kier alpha value is -1.97. The van der Waals surface area contributed by atoms with E-state index in [9.17, 15) is 4.79 Å². The number of carbonyl (C=O) groups excluding carboxylic acids is 1. The minimum atomic E-state index is -0.392. The Morgan fingerprint density at radius 3 is 2.35 bits per heavy atom. The minimum absolute atomic E-state index is 0.157. The van der Waals surface area contributed by atoms with Gasteiger partial charge in [-0.05, 0) is 69.6 Å². The number of rotatable bonds is 4. The van der Waals surface area contributed by atoms with E-state index in [1.165, 1.54) is 50.0 Å². The third-order valence-electron chi connectivity index (χ3n) is 6.20. The van der Waals surface area contributed by atoms with Crippen LogP contribution < -0.4 is 10.2 Å². The molecule has 4 rings (SSSR count). The summed E-state index contributed by atoms with van der Waals surface area (Å²) in [5.74, 6) is -0.193. The fraction of sp³-hybridized carbons (Fsp3) is 0.591. The summed E-state index contributed by atoms with van der Waals surface area (Å²) in [6, 6.07) is 9.06. The quantitative estimate of drug-likeness (QED) is 0.810. The van der Waals surface area contributed by atoms with Gasteiger partial charge in [0.15, 0.2) is 5.60 Å². The van der Waals surface area contributed by atoms with Crippen LogP contribution in [0.4, 0.5) is 5.69 Å². The van der Waals surface area contributed by atoms with Gasteiger partial charge in [-0.1, -0.05) is 18.6 Å². The molecule has 0 aromatic heterocycles. The molecule has 0 amide bonds. The van der Waals surface area contributed by atoms with E-state index in [1.54, 1.807) is 6.08 Å². The standard InChI is InChI=1S/C22H30N2O2/c1-17(18-8-10-19(11-9-18)24-14-6-3-7-15-24)23-20-16-21(25)26-22(20)12-4-2-5-13-22/h8-11,16-17,23H,2-7,12-15H2,1H3/t17-/m1/s1. The van der Waals surface area contributed by atoms with E-state index in [-0.39, 0.29) is 12.0 Å². The van der Waals surface area contributed by atoms with Crippen molar-refractivity contribution in [1.82, 2.24) is 5.32 Å². The van der Waals surface area contributed by atoms with Crippen LogP contribution in [0, 0.1) is 0 Å². The summed E-state index contributed by atoms with van der Waals surface area (Å²) in [6.07, 6.45) is 11.0. The highest BCUT2D eigenvalue weighted by atomic mass is 16.6. The first kappa shape index (κ1) is 17.4. The molecular formula is C22H30N2O2. The largest absolute Gasteiger partial charge is 0.449 e. The van der Waals surface area contributed by atoms with Crippen molar-refractivity contribution in [1.29, 1.82) is 0 Å². The van der Waals surface area contributed by atoms with Crippen molar-refractivity contribution in [3.05, 3.63) is 41.6 Å². The van der Waals surface area contributed by atoms with Crippen LogP contribution in [0.3, 0.4) is 0 Å². The van der Waals surface area contributed by atoms with Crippen molar-refractivity contribution >= 4 is 11.7 Å². The SMILES string of the molecule is C[C@@H](NC1=CC(=O)OC12CCCCC2)c1ccc(N2CCCCC2)cc1. The van der Waals surface area contributed by atoms with Gasteiger partial charge in [0.25, 0.3) is 0 Å². The van der Waals surface area contributed by atoms with Crippen molar-refractivity contribution < 1.29 is 9.53 Å². The second-order valence-corrected chi connectivity index (χ2v) is 8.04. The lowest BCUT2D eigenvalue weighted by Gasteiger charge is -2.36. The molecule has 26 heavy (non-hydrogen) atoms. The maximum absolute atomic E-state index is 11.9. The maximum atomic E-state index is 11.9. The molecule has 1 atom stereocenters. The van der Waals surface area contributed by atoms with Crippen molar-refractivity contribution in [2.75, 3.05) is 18.0 Å². The summed E-state index contributed by atoms with van der Waals surface area (Å²) >= 11 is 0. The number of benzene rings is 1. The molecule has 4 heteroatoms. The molecule has 1 saturated heterocycles. The summed E-state index contributed by atoms with van der Waals surface area (Å²) in [5.41, 5.74) is 3.16. The predicted molar refractivity (Wildman–Crippen MR) is 104 cm³/mol. The van der Waals surface area contributed by atoms with Crippen molar-refractivity contribution in [3.63, 3.8) is 0 Å². The zero-order valence-electron chi connectivity index (χ0n) is 15.8. The molecule has 0 radical (unpaired) electrons. The molecule has 1 saturated carbocycles. The van der Waals surface area contributed by atoms with E-state index in [1.807, 2.05) is 0 Å². The Balaban J connectivity index is 1.44. The minimum Gasteiger partial charge on any atom is -0.449 e. The summed E-state index contributed by atoms with van der Waals surface area (Å²) in [5, 5.41) is 3.59. The van der Waals surface area contributed by atoms with Crippen LogP contribution in [0.2, 0.25) is 0 Å². The number of esters is 1. The highest BCUT2D eigenvalue weighted by Crippen LogP contribution is 2.41. The number of anilines is 1. The predicted octanol–water partition coefficient (Wildman–Crippen LogP) is 4.47. The molecule has 2 aliphatic heterocycles. The van der Waals surface area contributed by atoms with Crippen LogP contribution in [0.5, 0.6) is 0 Å². The lowest BCUT2D eigenvalue weighted by atomic mass is 9.82. The van der Waals surface area contributed by atoms with Crippen LogP contribution >= 0.6 is 0 Å². The van der Waals surface area contributed by atoms with Gasteiger partial charge < -0.3 is 15.0 Å². The number of piperidine rings is 1. The molecule has 1 aromatic carbocycles. The molecule has 1 aromatic rings. The van der Waals surface area contributed by atoms with E-state index in [0.717, 1.165) is 31.4 Å². The van der Waals surface area contributed by atoms with E-state index >= 15 is 0 Å². The third-order valence-corrected chi connectivity index (χ3v) is 6.20. The monoisotopic (exact) mass is 354 g/mol. The van der Waals surface area contributed by atoms with Gasteiger partial charge in [-0.25, -0.2) is 4.79 Å². The Kier molecular flexibility index (Phi) is 4.92. The second kappa shape index (κ2) is 7.34. The molecule has 1 N–H and O–H groups in total. The van der Waals surface area contributed by atoms with Gasteiger partial charge in [-0.15, -0.1) is 0 Å². The average Bonchev–Trinajstić information content (AvgIpc) is 2.97. The first-order chi connectivity index (χ1) is 12.7. The fourth-order valence-corrected chi connectivity index (χ4v) is 4.64. The highest BCUT2D eigenvalue weighted by molar-refractivity contribution is 5.86. The Morgan fingerprint density at radius 2 is 1.65 bits per heavy atom. The van der Waals surface area contributed by atoms with E-state index < -0.39 is 5.60 Å². The molecule has 1 aliphatic carbocycles. The molecule has 140 valence electrons. The topological polar surface area (TPSA) is 41.6 Å². The third kappa shape index (κ3) is 3.46. The summed E-state index contributed by atoms with van der Waals surface area (Å²) < 4.78 is 5.74. The molecule has 2 heterocycles. The number of hydrogen-bond donors (Lipinski definition) is 1. The zero-order chi connectivity index (χ0) is 18.0. The van der Waals surface area contributed by atoms with Gasteiger partial charge in [0.1, 0.15) is 0 Å². The summed E-state index contributed by atoms with van der Waals surface area (Å²) in [7, 11) is 0. The molecule has 3 aliphatic rings. The number of hydrogen-bond acceptors (Lipinski definition) is 4. The normalized spacial score (nSPS) is 23.5. The van der Waals surface area contributed by atoms with Crippen molar-refractivity contribution in [3.8, 4) is 0 Å². The number of nitrogens with one attached hydrogen (secondary N) is 1. The van der Waals surface area contributed by atoms with Gasteiger partial charge in [0, 0.05) is 30.9 Å². The summed E-state index contributed by atoms with van der Waals surface area (Å²) in [6.45, 7) is 4.50. The number of ether oxygens (including phenoxy) is 1. The lowest BCUT2D eigenvalue weighted by molar-refractivity contribution is -0.148. The van der Waals surface area contributed by atoms with Gasteiger partial charge >= 0.3 is 5.97 Å². The smallest absolute Gasteiger partial charge is 0.333 e. The fourth-order valence-electron chi connectivity index (χ4n) is 4.64. The van der Waals surface area contributed by atoms with Crippen molar-refractivity contribution in [2.45, 2.75) is 69.9 Å². The number of nitrogens with zero attached hydrogens (tertiary/aromatic N) is 1. The molecule has 4 nitrogen and oxygen atoms in total. The Bertz CT molecular complexity index is 668. The van der Waals surface area contributed by atoms with Gasteiger partial charge in [-0.2, -0.15) is 0 Å².